The summed E-state index contributed by atoms with van der Waals surface area (Å²) in [5.41, 5.74) is 6.25. The second-order valence-corrected chi connectivity index (χ2v) is 8.82. The molecule has 2 unspecified atom stereocenters. The minimum absolute atomic E-state index is 0.243. The first kappa shape index (κ1) is 24.3. The highest BCUT2D eigenvalue weighted by molar-refractivity contribution is 5.80. The fourth-order valence-electron chi connectivity index (χ4n) is 4.40. The van der Waals surface area contributed by atoms with Gasteiger partial charge in [0.25, 0.3) is 0 Å². The van der Waals surface area contributed by atoms with Gasteiger partial charge < -0.3 is 15.4 Å². The van der Waals surface area contributed by atoms with E-state index in [4.69, 9.17) is 9.73 Å². The third-order valence-electron chi connectivity index (χ3n) is 6.23. The number of hydrogen-bond donors (Lipinski definition) is 2. The van der Waals surface area contributed by atoms with Gasteiger partial charge in [-0.3, -0.25) is 14.6 Å². The smallest absolute Gasteiger partial charge is 0.191 e. The van der Waals surface area contributed by atoms with Crippen LogP contribution in [0.5, 0.6) is 0 Å². The average Bonchev–Trinajstić information content (AvgIpc) is 3.00. The quantitative estimate of drug-likeness (QED) is 0.488. The molecule has 1 saturated heterocycles. The van der Waals surface area contributed by atoms with Crippen LogP contribution in [0.4, 0.5) is 0 Å². The molecule has 1 aromatic carbocycles. The Morgan fingerprint density at radius 3 is 2.59 bits per heavy atom. The summed E-state index contributed by atoms with van der Waals surface area (Å²) in [5.74, 6) is 0.866. The fourth-order valence-corrected chi connectivity index (χ4v) is 4.40. The molecule has 0 saturated carbocycles. The Labute approximate surface area is 193 Å². The molecular formula is C25H40N6O. The Bertz CT molecular complexity index is 900. The van der Waals surface area contributed by atoms with Crippen molar-refractivity contribution in [2.24, 2.45) is 12.0 Å². The van der Waals surface area contributed by atoms with Gasteiger partial charge in [0, 0.05) is 38.4 Å². The minimum atomic E-state index is 0.243. The zero-order valence-electron chi connectivity index (χ0n) is 20.6. The number of hydrogen-bond acceptors (Lipinski definition) is 4. The Kier molecular flexibility index (Phi) is 8.70. The number of nitrogens with one attached hydrogen (secondary N) is 2. The van der Waals surface area contributed by atoms with Gasteiger partial charge in [-0.15, -0.1) is 0 Å². The molecule has 2 atom stereocenters. The summed E-state index contributed by atoms with van der Waals surface area (Å²) in [4.78, 5) is 7.51. The van der Waals surface area contributed by atoms with Gasteiger partial charge in [0.05, 0.1) is 31.5 Å². The van der Waals surface area contributed by atoms with Crippen molar-refractivity contribution in [2.75, 3.05) is 39.4 Å². The van der Waals surface area contributed by atoms with Gasteiger partial charge in [-0.1, -0.05) is 29.8 Å². The van der Waals surface area contributed by atoms with Crippen LogP contribution in [-0.2, 0) is 18.2 Å². The Balaban J connectivity index is 1.74. The molecule has 2 heterocycles. The number of guanidine groups is 1. The van der Waals surface area contributed by atoms with Crippen molar-refractivity contribution in [2.45, 2.75) is 53.1 Å². The van der Waals surface area contributed by atoms with Crippen molar-refractivity contribution in [3.63, 3.8) is 0 Å². The van der Waals surface area contributed by atoms with Crippen molar-refractivity contribution in [1.29, 1.82) is 0 Å². The van der Waals surface area contributed by atoms with Crippen LogP contribution in [0.2, 0.25) is 0 Å². The number of rotatable bonds is 8. The number of aryl methyl sites for hydroxylation is 3. The molecule has 2 N–H and O–H groups in total. The first-order valence-electron chi connectivity index (χ1n) is 11.8. The number of morpholine rings is 1. The SMILES string of the molecule is CCNC(=NCC(c1cccc(C)c1)N1CCOCC1)NC(C)Cc1c(C)nn(C)c1C. The second kappa shape index (κ2) is 11.5. The number of nitrogens with zero attached hydrogens (tertiary/aromatic N) is 4. The van der Waals surface area contributed by atoms with Crippen LogP contribution in [0.1, 0.15) is 48.0 Å². The van der Waals surface area contributed by atoms with Crippen LogP contribution in [0, 0.1) is 20.8 Å². The molecule has 0 amide bonds. The molecule has 1 aliphatic rings. The largest absolute Gasteiger partial charge is 0.379 e. The molecule has 0 bridgehead atoms. The highest BCUT2D eigenvalue weighted by Gasteiger charge is 2.23. The Morgan fingerprint density at radius 2 is 1.97 bits per heavy atom. The highest BCUT2D eigenvalue weighted by atomic mass is 16.5. The lowest BCUT2D eigenvalue weighted by Gasteiger charge is -2.34. The van der Waals surface area contributed by atoms with E-state index in [1.165, 1.54) is 22.4 Å². The van der Waals surface area contributed by atoms with E-state index >= 15 is 0 Å². The van der Waals surface area contributed by atoms with Gasteiger partial charge in [0.2, 0.25) is 0 Å². The molecule has 0 radical (unpaired) electrons. The summed E-state index contributed by atoms with van der Waals surface area (Å²) < 4.78 is 7.56. The molecule has 3 rings (SSSR count). The van der Waals surface area contributed by atoms with E-state index in [9.17, 15) is 0 Å². The monoisotopic (exact) mass is 440 g/mol. The lowest BCUT2D eigenvalue weighted by molar-refractivity contribution is 0.0179. The molecule has 1 fully saturated rings. The first-order valence-corrected chi connectivity index (χ1v) is 11.8. The van der Waals surface area contributed by atoms with E-state index in [-0.39, 0.29) is 12.1 Å². The van der Waals surface area contributed by atoms with E-state index in [1.54, 1.807) is 0 Å². The standard InChI is InChI=1S/C25H40N6O/c1-7-26-25(28-19(3)16-23-20(4)29-30(6)21(23)5)27-17-24(31-11-13-32-14-12-31)22-10-8-9-18(2)15-22/h8-10,15,19,24H,7,11-14,16-17H2,1-6H3,(H2,26,27,28). The van der Waals surface area contributed by atoms with E-state index in [2.05, 4.69) is 79.5 Å². The van der Waals surface area contributed by atoms with Crippen molar-refractivity contribution < 1.29 is 4.74 Å². The maximum atomic E-state index is 5.59. The van der Waals surface area contributed by atoms with Crippen LogP contribution < -0.4 is 10.6 Å². The predicted molar refractivity (Wildman–Crippen MR) is 131 cm³/mol. The molecule has 2 aromatic rings. The van der Waals surface area contributed by atoms with Crippen LogP contribution in [0.15, 0.2) is 29.3 Å². The third kappa shape index (κ3) is 6.33. The second-order valence-electron chi connectivity index (χ2n) is 8.82. The van der Waals surface area contributed by atoms with Gasteiger partial charge in [0.15, 0.2) is 5.96 Å². The van der Waals surface area contributed by atoms with Gasteiger partial charge in [-0.05, 0) is 52.2 Å². The van der Waals surface area contributed by atoms with E-state index < -0.39 is 0 Å². The summed E-state index contributed by atoms with van der Waals surface area (Å²) in [7, 11) is 2.01. The van der Waals surface area contributed by atoms with Crippen molar-refractivity contribution in [3.8, 4) is 0 Å². The Hall–Kier alpha value is -2.38. The molecule has 0 spiro atoms. The van der Waals surface area contributed by atoms with Crippen LogP contribution in [-0.4, -0.2) is 66.1 Å². The summed E-state index contributed by atoms with van der Waals surface area (Å²) in [6.45, 7) is 15.7. The maximum Gasteiger partial charge on any atom is 0.191 e. The minimum Gasteiger partial charge on any atom is -0.379 e. The van der Waals surface area contributed by atoms with E-state index in [0.717, 1.165) is 50.9 Å². The van der Waals surface area contributed by atoms with Crippen molar-refractivity contribution >= 4 is 5.96 Å². The molecule has 7 nitrogen and oxygen atoms in total. The molecule has 7 heteroatoms. The van der Waals surface area contributed by atoms with E-state index in [1.807, 2.05) is 11.7 Å². The lowest BCUT2D eigenvalue weighted by Crippen LogP contribution is -2.44. The average molecular weight is 441 g/mol. The van der Waals surface area contributed by atoms with Crippen LogP contribution >= 0.6 is 0 Å². The zero-order valence-corrected chi connectivity index (χ0v) is 20.6. The number of benzene rings is 1. The van der Waals surface area contributed by atoms with E-state index in [0.29, 0.717) is 6.54 Å². The topological polar surface area (TPSA) is 66.7 Å². The number of aliphatic imine (C=N–C) groups is 1. The predicted octanol–water partition coefficient (Wildman–Crippen LogP) is 2.90. The lowest BCUT2D eigenvalue weighted by atomic mass is 10.0. The molecule has 176 valence electrons. The number of ether oxygens (including phenoxy) is 1. The van der Waals surface area contributed by atoms with Crippen LogP contribution in [0.3, 0.4) is 0 Å². The van der Waals surface area contributed by atoms with Crippen molar-refractivity contribution in [1.82, 2.24) is 25.3 Å². The first-order chi connectivity index (χ1) is 15.4. The van der Waals surface area contributed by atoms with Gasteiger partial charge >= 0.3 is 0 Å². The normalized spacial score (nSPS) is 17.2. The summed E-state index contributed by atoms with van der Waals surface area (Å²) >= 11 is 0. The Morgan fingerprint density at radius 1 is 1.22 bits per heavy atom. The summed E-state index contributed by atoms with van der Waals surface area (Å²) in [6.07, 6.45) is 0.917. The van der Waals surface area contributed by atoms with Gasteiger partial charge in [-0.2, -0.15) is 5.10 Å². The number of aromatic nitrogens is 2. The molecule has 1 aromatic heterocycles. The maximum absolute atomic E-state index is 5.59. The zero-order chi connectivity index (χ0) is 23.1. The van der Waals surface area contributed by atoms with Crippen molar-refractivity contribution in [3.05, 3.63) is 52.3 Å². The molecule has 32 heavy (non-hydrogen) atoms. The summed E-state index contributed by atoms with van der Waals surface area (Å²) in [5, 5.41) is 11.6. The van der Waals surface area contributed by atoms with Crippen LogP contribution in [0.25, 0.3) is 0 Å². The molecule has 1 aliphatic heterocycles. The highest BCUT2D eigenvalue weighted by Crippen LogP contribution is 2.23. The molecular weight excluding hydrogens is 400 g/mol. The summed E-state index contributed by atoms with van der Waals surface area (Å²) in [6, 6.07) is 9.29. The third-order valence-corrected chi connectivity index (χ3v) is 6.23. The van der Waals surface area contributed by atoms with Gasteiger partial charge in [0.1, 0.15) is 0 Å². The fraction of sp³-hybridized carbons (Fsp3) is 0.600. The van der Waals surface area contributed by atoms with Gasteiger partial charge in [-0.25, -0.2) is 0 Å². The molecule has 0 aliphatic carbocycles.